The fraction of sp³-hybridized carbons (Fsp3) is 0.0172. The first kappa shape index (κ1) is 35.0. The highest BCUT2D eigenvalue weighted by atomic mass is 32.1. The van der Waals surface area contributed by atoms with Crippen LogP contribution in [0, 0.1) is 0 Å². The minimum absolute atomic E-state index is 0.391. The summed E-state index contributed by atoms with van der Waals surface area (Å²) in [7, 11) is 0. The minimum Gasteiger partial charge on any atom is -0.208 e. The molecule has 0 radical (unpaired) electrons. The Hall–Kier alpha value is -7.79. The summed E-state index contributed by atoms with van der Waals surface area (Å²) in [5.74, 6) is 1.91. The van der Waals surface area contributed by atoms with E-state index < -0.39 is 5.41 Å². The van der Waals surface area contributed by atoms with Gasteiger partial charge in [-0.1, -0.05) is 194 Å². The number of benzene rings is 9. The Morgan fingerprint density at radius 2 is 0.758 bits per heavy atom. The number of thiophene rings is 1. The van der Waals surface area contributed by atoms with Crippen molar-refractivity contribution in [3.8, 4) is 78.7 Å². The molecule has 4 heteroatoms. The molecule has 0 saturated carbocycles. The summed E-state index contributed by atoms with van der Waals surface area (Å²) in [6.45, 7) is 0. The predicted molar refractivity (Wildman–Crippen MR) is 256 cm³/mol. The van der Waals surface area contributed by atoms with Gasteiger partial charge in [0.1, 0.15) is 0 Å². The van der Waals surface area contributed by atoms with Crippen LogP contribution in [0.15, 0.2) is 212 Å². The van der Waals surface area contributed by atoms with E-state index in [1.54, 1.807) is 0 Å². The number of hydrogen-bond donors (Lipinski definition) is 0. The van der Waals surface area contributed by atoms with Gasteiger partial charge in [-0.05, 0) is 85.0 Å². The van der Waals surface area contributed by atoms with Gasteiger partial charge in [-0.2, -0.15) is 0 Å². The summed E-state index contributed by atoms with van der Waals surface area (Å²) >= 11 is 1.83. The average Bonchev–Trinajstić information content (AvgIpc) is 3.98. The number of rotatable bonds is 5. The van der Waals surface area contributed by atoms with Gasteiger partial charge in [0.15, 0.2) is 17.5 Å². The van der Waals surface area contributed by atoms with E-state index in [9.17, 15) is 0 Å². The molecule has 0 fully saturated rings. The standard InChI is InChI=1S/C58H35N3S/c1-2-17-36(18-3-1)55-59-56(61-57(60-55)45-25-7-5-20-39(45)43-27-16-32-53-54(43)46-26-11-15-31-52(46)62-53)44-24-6-4-19-38(44)37-33-34-51-47(35-37)42-23-10-14-30-50(42)58(51)48-28-12-8-21-40(48)41-22-9-13-29-49(41)58/h1-35H. The first-order chi connectivity index (χ1) is 30.8. The first-order valence-electron chi connectivity index (χ1n) is 21.1. The van der Waals surface area contributed by atoms with Crippen LogP contribution in [0.2, 0.25) is 0 Å². The molecule has 288 valence electrons. The van der Waals surface area contributed by atoms with E-state index in [4.69, 9.17) is 15.0 Å². The number of fused-ring (bicyclic) bond motifs is 13. The van der Waals surface area contributed by atoms with Crippen LogP contribution in [0.1, 0.15) is 22.3 Å². The van der Waals surface area contributed by atoms with E-state index >= 15 is 0 Å². The van der Waals surface area contributed by atoms with Crippen molar-refractivity contribution in [2.75, 3.05) is 0 Å². The van der Waals surface area contributed by atoms with E-state index in [-0.39, 0.29) is 0 Å². The lowest BCUT2D eigenvalue weighted by molar-refractivity contribution is 0.794. The normalized spacial score (nSPS) is 13.0. The summed E-state index contributed by atoms with van der Waals surface area (Å²) in [4.78, 5) is 15.9. The molecule has 2 aliphatic rings. The van der Waals surface area contributed by atoms with Crippen molar-refractivity contribution < 1.29 is 0 Å². The SMILES string of the molecule is c1ccc(-c2nc(-c3ccccc3-c3ccc4c(c3)-c3ccccc3C43c4ccccc4-c4ccccc43)nc(-c3ccccc3-c3cccc4sc5ccccc5c34)n2)cc1. The van der Waals surface area contributed by atoms with Crippen molar-refractivity contribution in [2.24, 2.45) is 0 Å². The van der Waals surface area contributed by atoms with Gasteiger partial charge in [0, 0.05) is 36.9 Å². The Balaban J connectivity index is 1.01. The smallest absolute Gasteiger partial charge is 0.164 e. The second-order valence-corrected chi connectivity index (χ2v) is 17.3. The van der Waals surface area contributed by atoms with E-state index in [0.29, 0.717) is 17.5 Å². The molecule has 0 amide bonds. The average molecular weight is 806 g/mol. The summed E-state index contributed by atoms with van der Waals surface area (Å²) in [6.07, 6.45) is 0. The zero-order valence-corrected chi connectivity index (χ0v) is 34.3. The highest BCUT2D eigenvalue weighted by molar-refractivity contribution is 7.25. The Morgan fingerprint density at radius 3 is 1.44 bits per heavy atom. The van der Waals surface area contributed by atoms with Gasteiger partial charge in [0.25, 0.3) is 0 Å². The Kier molecular flexibility index (Phi) is 7.69. The third-order valence-electron chi connectivity index (χ3n) is 13.0. The maximum absolute atomic E-state index is 5.40. The summed E-state index contributed by atoms with van der Waals surface area (Å²) < 4.78 is 2.54. The van der Waals surface area contributed by atoms with Gasteiger partial charge in [-0.25, -0.2) is 15.0 Å². The molecule has 0 unspecified atom stereocenters. The highest BCUT2D eigenvalue weighted by Crippen LogP contribution is 2.63. The molecule has 0 aliphatic heterocycles. The molecule has 11 aromatic rings. The van der Waals surface area contributed by atoms with Crippen LogP contribution in [0.25, 0.3) is 98.8 Å². The fourth-order valence-corrected chi connectivity index (χ4v) is 11.6. The molecule has 62 heavy (non-hydrogen) atoms. The topological polar surface area (TPSA) is 38.7 Å². The van der Waals surface area contributed by atoms with Gasteiger partial charge in [-0.3, -0.25) is 0 Å². The second kappa shape index (κ2) is 13.6. The van der Waals surface area contributed by atoms with Crippen molar-refractivity contribution in [3.63, 3.8) is 0 Å². The molecule has 2 heterocycles. The predicted octanol–water partition coefficient (Wildman–Crippen LogP) is 14.9. The largest absolute Gasteiger partial charge is 0.208 e. The van der Waals surface area contributed by atoms with Crippen LogP contribution >= 0.6 is 11.3 Å². The maximum atomic E-state index is 5.40. The van der Waals surface area contributed by atoms with Crippen molar-refractivity contribution in [2.45, 2.75) is 5.41 Å². The molecule has 0 saturated heterocycles. The molecule has 2 aliphatic carbocycles. The third-order valence-corrected chi connectivity index (χ3v) is 14.1. The lowest BCUT2D eigenvalue weighted by atomic mass is 9.70. The molecule has 2 aromatic heterocycles. The Labute approximate surface area is 363 Å². The third kappa shape index (κ3) is 5.02. The highest BCUT2D eigenvalue weighted by Gasteiger charge is 2.51. The summed E-state index contributed by atoms with van der Waals surface area (Å²) in [5, 5.41) is 2.52. The van der Waals surface area contributed by atoms with Gasteiger partial charge in [0.05, 0.1) is 5.41 Å². The van der Waals surface area contributed by atoms with E-state index in [1.165, 1.54) is 70.2 Å². The van der Waals surface area contributed by atoms with Crippen LogP contribution < -0.4 is 0 Å². The lowest BCUT2D eigenvalue weighted by Gasteiger charge is -2.30. The van der Waals surface area contributed by atoms with Crippen LogP contribution in [-0.4, -0.2) is 15.0 Å². The van der Waals surface area contributed by atoms with Crippen LogP contribution in [-0.2, 0) is 5.41 Å². The second-order valence-electron chi connectivity index (χ2n) is 16.2. The maximum Gasteiger partial charge on any atom is 0.164 e. The first-order valence-corrected chi connectivity index (χ1v) is 21.9. The monoisotopic (exact) mass is 805 g/mol. The van der Waals surface area contributed by atoms with E-state index in [0.717, 1.165) is 33.4 Å². The minimum atomic E-state index is -0.391. The van der Waals surface area contributed by atoms with Gasteiger partial charge >= 0.3 is 0 Å². The molecule has 0 bridgehead atoms. The van der Waals surface area contributed by atoms with Crippen LogP contribution in [0.3, 0.4) is 0 Å². The van der Waals surface area contributed by atoms with E-state index in [2.05, 4.69) is 194 Å². The quantitative estimate of drug-likeness (QED) is 0.174. The molecule has 0 N–H and O–H groups in total. The van der Waals surface area contributed by atoms with Crippen molar-refractivity contribution >= 4 is 31.5 Å². The number of hydrogen-bond acceptors (Lipinski definition) is 4. The van der Waals surface area contributed by atoms with Crippen LogP contribution in [0.4, 0.5) is 0 Å². The van der Waals surface area contributed by atoms with Gasteiger partial charge in [0.2, 0.25) is 0 Å². The zero-order valence-electron chi connectivity index (χ0n) is 33.5. The molecule has 0 atom stereocenters. The zero-order chi connectivity index (χ0) is 40.8. The molecular weight excluding hydrogens is 771 g/mol. The van der Waals surface area contributed by atoms with Crippen LogP contribution in [0.5, 0.6) is 0 Å². The summed E-state index contributed by atoms with van der Waals surface area (Å²) in [6, 6.07) is 76.7. The summed E-state index contributed by atoms with van der Waals surface area (Å²) in [5.41, 5.74) is 17.4. The number of nitrogens with zero attached hydrogens (tertiary/aromatic N) is 3. The Bertz CT molecular complexity index is 3560. The molecular formula is C58H35N3S. The van der Waals surface area contributed by atoms with Crippen molar-refractivity contribution in [1.29, 1.82) is 0 Å². The molecule has 1 spiro atoms. The van der Waals surface area contributed by atoms with Crippen molar-refractivity contribution in [1.82, 2.24) is 15.0 Å². The lowest BCUT2D eigenvalue weighted by Crippen LogP contribution is -2.25. The Morgan fingerprint density at radius 1 is 0.290 bits per heavy atom. The van der Waals surface area contributed by atoms with Gasteiger partial charge in [-0.15, -0.1) is 11.3 Å². The number of aromatic nitrogens is 3. The van der Waals surface area contributed by atoms with Crippen molar-refractivity contribution in [3.05, 3.63) is 235 Å². The molecule has 3 nitrogen and oxygen atoms in total. The fourth-order valence-electron chi connectivity index (χ4n) is 10.4. The molecule has 9 aromatic carbocycles. The van der Waals surface area contributed by atoms with Gasteiger partial charge < -0.3 is 0 Å². The van der Waals surface area contributed by atoms with E-state index in [1.807, 2.05) is 29.5 Å². The molecule has 13 rings (SSSR count).